The molecule has 2 aliphatic rings. The van der Waals surface area contributed by atoms with Crippen molar-refractivity contribution >= 4 is 27.7 Å². The van der Waals surface area contributed by atoms with Gasteiger partial charge >= 0.3 is 11.6 Å². The largest absolute Gasteiger partial charge is 0.454 e. The minimum absolute atomic E-state index is 0.0589. The van der Waals surface area contributed by atoms with Crippen LogP contribution in [0.4, 0.5) is 14.6 Å². The standard InChI is InChI=1S/C17H14BrF2N3O7/c18-7-1-2-8-12(29-6-28-8)11(7)14(26)21-10-3-4-23(16(27)22-10)15-17(19,20)13(25)9(5-24)30-15/h1-4,9,13,15,24-25H,5-6H2,(H,21,22,26,27)/t9-,13?,15-/m1/s1. The van der Waals surface area contributed by atoms with Crippen LogP contribution in [0.3, 0.4) is 0 Å². The fourth-order valence-corrected chi connectivity index (χ4v) is 3.61. The van der Waals surface area contributed by atoms with Crippen LogP contribution in [-0.2, 0) is 4.74 Å². The zero-order valence-electron chi connectivity index (χ0n) is 14.9. The Bertz CT molecular complexity index is 1060. The summed E-state index contributed by atoms with van der Waals surface area (Å²) in [6.45, 7) is -0.914. The quantitative estimate of drug-likeness (QED) is 0.576. The van der Waals surface area contributed by atoms with Crippen LogP contribution in [0, 0.1) is 0 Å². The van der Waals surface area contributed by atoms with Gasteiger partial charge in [-0.25, -0.2) is 4.79 Å². The normalized spacial score (nSPS) is 24.1. The van der Waals surface area contributed by atoms with E-state index in [1.165, 1.54) is 0 Å². The summed E-state index contributed by atoms with van der Waals surface area (Å²) in [4.78, 5) is 28.5. The number of carbonyl (C=O) groups excluding carboxylic acids is 1. The van der Waals surface area contributed by atoms with Gasteiger partial charge in [0, 0.05) is 10.7 Å². The van der Waals surface area contributed by atoms with Crippen molar-refractivity contribution in [2.75, 3.05) is 18.7 Å². The minimum Gasteiger partial charge on any atom is -0.454 e. The number of amides is 1. The second-order valence-electron chi connectivity index (χ2n) is 6.44. The first-order valence-electron chi connectivity index (χ1n) is 8.55. The lowest BCUT2D eigenvalue weighted by Crippen LogP contribution is -2.41. The van der Waals surface area contributed by atoms with E-state index in [-0.39, 0.29) is 23.9 Å². The third kappa shape index (κ3) is 3.33. The number of aliphatic hydroxyl groups is 2. The minimum atomic E-state index is -3.84. The van der Waals surface area contributed by atoms with Crippen molar-refractivity contribution in [3.8, 4) is 11.5 Å². The molecular weight excluding hydrogens is 476 g/mol. The van der Waals surface area contributed by atoms with Gasteiger partial charge in [0.15, 0.2) is 17.6 Å². The van der Waals surface area contributed by atoms with Gasteiger partial charge in [-0.05, 0) is 34.1 Å². The maximum absolute atomic E-state index is 14.2. The molecule has 1 aromatic carbocycles. The van der Waals surface area contributed by atoms with Crippen molar-refractivity contribution in [1.82, 2.24) is 9.55 Å². The molecule has 1 unspecified atom stereocenters. The number of carbonyl (C=O) groups is 1. The van der Waals surface area contributed by atoms with Gasteiger partial charge in [-0.3, -0.25) is 9.36 Å². The molecule has 2 aromatic rings. The van der Waals surface area contributed by atoms with E-state index in [9.17, 15) is 23.5 Å². The van der Waals surface area contributed by atoms with E-state index < -0.39 is 42.6 Å². The molecule has 1 fully saturated rings. The number of aromatic nitrogens is 2. The highest BCUT2D eigenvalue weighted by Crippen LogP contribution is 2.42. The van der Waals surface area contributed by atoms with E-state index in [1.54, 1.807) is 12.1 Å². The molecule has 0 bridgehead atoms. The molecule has 0 aliphatic carbocycles. The molecule has 3 N–H and O–H groups in total. The van der Waals surface area contributed by atoms with E-state index in [1.807, 2.05) is 0 Å². The number of benzene rings is 1. The van der Waals surface area contributed by atoms with Crippen molar-refractivity contribution in [2.24, 2.45) is 0 Å². The second kappa shape index (κ2) is 7.58. The van der Waals surface area contributed by atoms with Gasteiger partial charge in [-0.15, -0.1) is 0 Å². The fourth-order valence-electron chi connectivity index (χ4n) is 3.12. The summed E-state index contributed by atoms with van der Waals surface area (Å²) in [5, 5.41) is 21.0. The molecular formula is C17H14BrF2N3O7. The first-order chi connectivity index (χ1) is 14.2. The molecule has 1 amide bonds. The Hall–Kier alpha value is -2.61. The van der Waals surface area contributed by atoms with E-state index >= 15 is 0 Å². The maximum atomic E-state index is 14.2. The number of fused-ring (bicyclic) bond motifs is 1. The summed E-state index contributed by atoms with van der Waals surface area (Å²) in [6.07, 6.45) is -5.07. The number of anilines is 1. The SMILES string of the molecule is O=C(Nc1ccn([C@@H]2O[C@H](CO)C(O)C2(F)F)c(=O)n1)c1c(Br)ccc2c1OCO2. The number of nitrogens with one attached hydrogen (secondary N) is 1. The number of ether oxygens (including phenoxy) is 3. The molecule has 2 aliphatic heterocycles. The van der Waals surface area contributed by atoms with Crippen molar-refractivity contribution in [2.45, 2.75) is 24.4 Å². The lowest BCUT2D eigenvalue weighted by atomic mass is 10.1. The van der Waals surface area contributed by atoms with Crippen LogP contribution in [-0.4, -0.2) is 57.2 Å². The van der Waals surface area contributed by atoms with E-state index in [4.69, 9.17) is 19.3 Å². The van der Waals surface area contributed by atoms with Crippen LogP contribution in [0.1, 0.15) is 16.6 Å². The molecule has 0 spiro atoms. The molecule has 160 valence electrons. The first kappa shape index (κ1) is 20.7. The van der Waals surface area contributed by atoms with Gasteiger partial charge in [-0.1, -0.05) is 0 Å². The zero-order valence-corrected chi connectivity index (χ0v) is 16.5. The van der Waals surface area contributed by atoms with Crippen LogP contribution in [0.2, 0.25) is 0 Å². The van der Waals surface area contributed by atoms with Gasteiger partial charge in [0.1, 0.15) is 11.9 Å². The Labute approximate surface area is 175 Å². The van der Waals surface area contributed by atoms with Crippen LogP contribution in [0.25, 0.3) is 0 Å². The highest BCUT2D eigenvalue weighted by molar-refractivity contribution is 9.10. The number of halogens is 3. The third-order valence-electron chi connectivity index (χ3n) is 4.60. The molecule has 0 saturated carbocycles. The number of nitrogens with zero attached hydrogens (tertiary/aromatic N) is 2. The Morgan fingerprint density at radius 2 is 2.13 bits per heavy atom. The third-order valence-corrected chi connectivity index (χ3v) is 5.26. The number of hydrogen-bond acceptors (Lipinski definition) is 8. The highest BCUT2D eigenvalue weighted by atomic mass is 79.9. The summed E-state index contributed by atoms with van der Waals surface area (Å²) in [5.41, 5.74) is -1.05. The lowest BCUT2D eigenvalue weighted by Gasteiger charge is -2.21. The Balaban J connectivity index is 1.59. The van der Waals surface area contributed by atoms with Gasteiger partial charge in [-0.2, -0.15) is 13.8 Å². The predicted octanol–water partition coefficient (Wildman–Crippen LogP) is 0.873. The number of alkyl halides is 2. The average Bonchev–Trinajstić information content (AvgIpc) is 3.25. The van der Waals surface area contributed by atoms with Crippen molar-refractivity contribution < 1.29 is 38.0 Å². The molecule has 1 saturated heterocycles. The molecule has 10 nitrogen and oxygen atoms in total. The van der Waals surface area contributed by atoms with Crippen molar-refractivity contribution in [3.05, 3.63) is 44.9 Å². The summed E-state index contributed by atoms with van der Waals surface area (Å²) >= 11 is 3.24. The Kier molecular flexibility index (Phi) is 5.22. The Morgan fingerprint density at radius 1 is 1.37 bits per heavy atom. The number of rotatable bonds is 4. The summed E-state index contributed by atoms with van der Waals surface area (Å²) in [7, 11) is 0. The van der Waals surface area contributed by atoms with Crippen molar-refractivity contribution in [1.29, 1.82) is 0 Å². The molecule has 3 atom stereocenters. The van der Waals surface area contributed by atoms with Gasteiger partial charge in [0.2, 0.25) is 13.0 Å². The second-order valence-corrected chi connectivity index (χ2v) is 7.30. The van der Waals surface area contributed by atoms with E-state index in [2.05, 4.69) is 26.2 Å². The molecule has 30 heavy (non-hydrogen) atoms. The first-order valence-corrected chi connectivity index (χ1v) is 9.34. The number of aliphatic hydroxyl groups excluding tert-OH is 2. The molecule has 4 rings (SSSR count). The van der Waals surface area contributed by atoms with Crippen LogP contribution in [0.15, 0.2) is 33.7 Å². The monoisotopic (exact) mass is 489 g/mol. The summed E-state index contributed by atoms with van der Waals surface area (Å²) < 4.78 is 44.8. The predicted molar refractivity (Wildman–Crippen MR) is 98.7 cm³/mol. The van der Waals surface area contributed by atoms with Gasteiger partial charge < -0.3 is 29.7 Å². The topological polar surface area (TPSA) is 132 Å². The van der Waals surface area contributed by atoms with Crippen LogP contribution >= 0.6 is 15.9 Å². The van der Waals surface area contributed by atoms with Crippen LogP contribution < -0.4 is 20.5 Å². The van der Waals surface area contributed by atoms with Crippen LogP contribution in [0.5, 0.6) is 11.5 Å². The average molecular weight is 490 g/mol. The summed E-state index contributed by atoms with van der Waals surface area (Å²) in [6, 6.07) is 4.31. The van der Waals surface area contributed by atoms with E-state index in [0.29, 0.717) is 14.8 Å². The molecule has 13 heteroatoms. The summed E-state index contributed by atoms with van der Waals surface area (Å²) in [5.74, 6) is -4.14. The number of hydrogen-bond donors (Lipinski definition) is 3. The Morgan fingerprint density at radius 3 is 2.80 bits per heavy atom. The maximum Gasteiger partial charge on any atom is 0.351 e. The van der Waals surface area contributed by atoms with Gasteiger partial charge in [0.05, 0.1) is 12.2 Å². The zero-order chi connectivity index (χ0) is 21.6. The molecule has 1 aromatic heterocycles. The highest BCUT2D eigenvalue weighted by Gasteiger charge is 2.59. The smallest absolute Gasteiger partial charge is 0.351 e. The van der Waals surface area contributed by atoms with Crippen molar-refractivity contribution in [3.63, 3.8) is 0 Å². The fraction of sp³-hybridized carbons (Fsp3) is 0.353. The van der Waals surface area contributed by atoms with Gasteiger partial charge in [0.25, 0.3) is 5.91 Å². The van der Waals surface area contributed by atoms with E-state index in [0.717, 1.165) is 12.3 Å². The molecule has 0 radical (unpaired) electrons. The molecule has 3 heterocycles. The lowest BCUT2D eigenvalue weighted by molar-refractivity contribution is -0.140.